The molecule has 0 saturated heterocycles. The highest BCUT2D eigenvalue weighted by atomic mass is 16.6. The van der Waals surface area contributed by atoms with Crippen molar-refractivity contribution in [3.63, 3.8) is 0 Å². The number of rotatable bonds is 37. The molecule has 0 aliphatic carbocycles. The van der Waals surface area contributed by atoms with Gasteiger partial charge in [0.25, 0.3) is 0 Å². The van der Waals surface area contributed by atoms with Crippen molar-refractivity contribution in [1.29, 1.82) is 0 Å². The highest BCUT2D eigenvalue weighted by molar-refractivity contribution is 5.71. The molecular weight excluding hydrogens is 709 g/mol. The molecule has 6 nitrogen and oxygen atoms in total. The zero-order valence-corrected chi connectivity index (χ0v) is 36.0. The van der Waals surface area contributed by atoms with Crippen LogP contribution in [0.3, 0.4) is 0 Å². The average Bonchev–Trinajstić information content (AvgIpc) is 3.21. The van der Waals surface area contributed by atoms with Crippen molar-refractivity contribution < 1.29 is 28.6 Å². The fraction of sp³-hybridized carbons (Fsp3) is 0.549. The van der Waals surface area contributed by atoms with Gasteiger partial charge in [-0.3, -0.25) is 14.4 Å². The molecule has 0 aromatic rings. The second-order valence-electron chi connectivity index (χ2n) is 13.8. The number of esters is 3. The van der Waals surface area contributed by atoms with E-state index in [1.807, 2.05) is 12.2 Å². The number of unbranched alkanes of at least 4 members (excludes halogenated alkanes) is 6. The third-order valence-electron chi connectivity index (χ3n) is 8.48. The van der Waals surface area contributed by atoms with Gasteiger partial charge in [0.05, 0.1) is 0 Å². The van der Waals surface area contributed by atoms with Crippen molar-refractivity contribution in [2.24, 2.45) is 0 Å². The van der Waals surface area contributed by atoms with Gasteiger partial charge in [-0.2, -0.15) is 0 Å². The lowest BCUT2D eigenvalue weighted by atomic mass is 10.1. The predicted molar refractivity (Wildman–Crippen MR) is 242 cm³/mol. The van der Waals surface area contributed by atoms with Crippen LogP contribution in [0.1, 0.15) is 162 Å². The van der Waals surface area contributed by atoms with E-state index >= 15 is 0 Å². The summed E-state index contributed by atoms with van der Waals surface area (Å²) in [7, 11) is 0. The summed E-state index contributed by atoms with van der Waals surface area (Å²) in [5, 5.41) is 0. The van der Waals surface area contributed by atoms with E-state index in [0.717, 1.165) is 109 Å². The molecule has 0 aromatic carbocycles. The number of carbonyl (C=O) groups is 3. The van der Waals surface area contributed by atoms with Crippen LogP contribution in [0.25, 0.3) is 0 Å². The van der Waals surface area contributed by atoms with Crippen molar-refractivity contribution in [1.82, 2.24) is 0 Å². The minimum absolute atomic E-state index is 0.126. The second kappa shape index (κ2) is 44.5. The molecule has 0 bridgehead atoms. The van der Waals surface area contributed by atoms with Gasteiger partial charge < -0.3 is 14.2 Å². The van der Waals surface area contributed by atoms with Gasteiger partial charge in [0.1, 0.15) is 13.2 Å². The van der Waals surface area contributed by atoms with E-state index < -0.39 is 12.1 Å². The first-order valence-electron chi connectivity index (χ1n) is 22.0. The molecule has 57 heavy (non-hydrogen) atoms. The summed E-state index contributed by atoms with van der Waals surface area (Å²) >= 11 is 0. The van der Waals surface area contributed by atoms with Crippen molar-refractivity contribution in [2.75, 3.05) is 13.2 Å². The number of carbonyl (C=O) groups excluding carboxylic acids is 3. The van der Waals surface area contributed by atoms with Crippen LogP contribution >= 0.6 is 0 Å². The molecule has 0 saturated carbocycles. The molecule has 0 aliphatic heterocycles. The zero-order valence-electron chi connectivity index (χ0n) is 36.0. The summed E-state index contributed by atoms with van der Waals surface area (Å²) in [6.07, 6.45) is 60.9. The van der Waals surface area contributed by atoms with E-state index in [0.29, 0.717) is 19.3 Å². The van der Waals surface area contributed by atoms with Gasteiger partial charge in [0, 0.05) is 19.3 Å². The normalized spacial score (nSPS) is 13.2. The van der Waals surface area contributed by atoms with Crippen LogP contribution in [0.15, 0.2) is 122 Å². The Morgan fingerprint density at radius 3 is 1.12 bits per heavy atom. The maximum absolute atomic E-state index is 12.6. The Labute approximate surface area is 348 Å². The summed E-state index contributed by atoms with van der Waals surface area (Å²) in [6, 6.07) is 0. The molecule has 0 radical (unpaired) electrons. The summed E-state index contributed by atoms with van der Waals surface area (Å²) in [5.41, 5.74) is 0. The van der Waals surface area contributed by atoms with E-state index in [1.54, 1.807) is 0 Å². The standard InChI is InChI=1S/C51H78O6/c1-4-7-10-13-15-17-19-21-22-23-24-25-26-27-28-30-31-33-35-38-41-44-50(53)56-47-48(46-55-49(52)43-40-37-12-9-6-3)57-51(54)45-42-39-36-34-32-29-20-18-16-14-11-8-5-2/h7-8,10-11,15-18,21-22,24-25,27-29,31-33,36,39,48H,4-6,9,12-14,19-20,23,26,30,34-35,37-38,40-47H2,1-3H3/b10-7-,11-8-,17-15-,18-16-,22-21-,25-24-,28-27-,32-29-,33-31-,39-36-. The molecule has 0 heterocycles. The number of hydrogen-bond donors (Lipinski definition) is 0. The van der Waals surface area contributed by atoms with Crippen LogP contribution in [0.4, 0.5) is 0 Å². The maximum Gasteiger partial charge on any atom is 0.306 e. The third-order valence-corrected chi connectivity index (χ3v) is 8.48. The van der Waals surface area contributed by atoms with Gasteiger partial charge in [-0.15, -0.1) is 0 Å². The third kappa shape index (κ3) is 42.8. The minimum Gasteiger partial charge on any atom is -0.462 e. The lowest BCUT2D eigenvalue weighted by Crippen LogP contribution is -2.30. The van der Waals surface area contributed by atoms with E-state index in [1.165, 1.54) is 0 Å². The zero-order chi connectivity index (χ0) is 41.5. The second-order valence-corrected chi connectivity index (χ2v) is 13.8. The van der Waals surface area contributed by atoms with E-state index in [9.17, 15) is 14.4 Å². The van der Waals surface area contributed by atoms with Crippen molar-refractivity contribution in [2.45, 2.75) is 168 Å². The molecule has 318 valence electrons. The summed E-state index contributed by atoms with van der Waals surface area (Å²) in [5.74, 6) is -1.08. The van der Waals surface area contributed by atoms with Gasteiger partial charge in [-0.25, -0.2) is 0 Å². The molecule has 0 N–H and O–H groups in total. The maximum atomic E-state index is 12.6. The van der Waals surface area contributed by atoms with Gasteiger partial charge >= 0.3 is 17.9 Å². The molecular formula is C51H78O6. The van der Waals surface area contributed by atoms with Crippen LogP contribution in [0.2, 0.25) is 0 Å². The van der Waals surface area contributed by atoms with E-state index in [-0.39, 0.29) is 38.0 Å². The molecule has 0 aliphatic rings. The molecule has 0 rings (SSSR count). The smallest absolute Gasteiger partial charge is 0.306 e. The van der Waals surface area contributed by atoms with Crippen LogP contribution in [-0.2, 0) is 28.6 Å². The first-order valence-corrected chi connectivity index (χ1v) is 22.0. The molecule has 0 aromatic heterocycles. The van der Waals surface area contributed by atoms with Gasteiger partial charge in [-0.1, -0.05) is 168 Å². The van der Waals surface area contributed by atoms with Crippen molar-refractivity contribution >= 4 is 17.9 Å². The first-order chi connectivity index (χ1) is 28.0. The minimum atomic E-state index is -0.832. The van der Waals surface area contributed by atoms with Crippen molar-refractivity contribution in [3.05, 3.63) is 122 Å². The molecule has 1 unspecified atom stereocenters. The predicted octanol–water partition coefficient (Wildman–Crippen LogP) is 14.2. The molecule has 6 heteroatoms. The van der Waals surface area contributed by atoms with Crippen LogP contribution in [0.5, 0.6) is 0 Å². The number of allylic oxidation sites excluding steroid dienone is 20. The van der Waals surface area contributed by atoms with Crippen LogP contribution in [-0.4, -0.2) is 37.2 Å². The van der Waals surface area contributed by atoms with Gasteiger partial charge in [0.15, 0.2) is 6.10 Å². The fourth-order valence-corrected chi connectivity index (χ4v) is 5.22. The van der Waals surface area contributed by atoms with Gasteiger partial charge in [-0.05, 0) is 96.3 Å². The quantitative estimate of drug-likeness (QED) is 0.0270. The number of hydrogen-bond acceptors (Lipinski definition) is 6. The lowest BCUT2D eigenvalue weighted by molar-refractivity contribution is -0.166. The average molecular weight is 787 g/mol. The highest BCUT2D eigenvalue weighted by Gasteiger charge is 2.19. The topological polar surface area (TPSA) is 78.9 Å². The first kappa shape index (κ1) is 52.8. The van der Waals surface area contributed by atoms with E-state index in [2.05, 4.69) is 130 Å². The molecule has 0 spiro atoms. The summed E-state index contributed by atoms with van der Waals surface area (Å²) in [6.45, 7) is 6.17. The Kier molecular flexibility index (Phi) is 41.3. The Balaban J connectivity index is 4.41. The lowest BCUT2D eigenvalue weighted by Gasteiger charge is -2.18. The Morgan fingerprint density at radius 2 is 0.719 bits per heavy atom. The largest absolute Gasteiger partial charge is 0.462 e. The number of ether oxygens (including phenoxy) is 3. The molecule has 0 fully saturated rings. The molecule has 1 atom stereocenters. The van der Waals surface area contributed by atoms with E-state index in [4.69, 9.17) is 14.2 Å². The molecule has 0 amide bonds. The van der Waals surface area contributed by atoms with Crippen LogP contribution < -0.4 is 0 Å². The van der Waals surface area contributed by atoms with Crippen molar-refractivity contribution in [3.8, 4) is 0 Å². The highest BCUT2D eigenvalue weighted by Crippen LogP contribution is 2.09. The fourth-order valence-electron chi connectivity index (χ4n) is 5.22. The summed E-state index contributed by atoms with van der Waals surface area (Å²) in [4.78, 5) is 37.4. The Hall–Kier alpha value is -4.19. The van der Waals surface area contributed by atoms with Gasteiger partial charge in [0.2, 0.25) is 0 Å². The van der Waals surface area contributed by atoms with Crippen LogP contribution in [0, 0.1) is 0 Å². The Bertz CT molecular complexity index is 1270. The monoisotopic (exact) mass is 787 g/mol. The Morgan fingerprint density at radius 1 is 0.368 bits per heavy atom. The summed E-state index contributed by atoms with van der Waals surface area (Å²) < 4.78 is 16.5. The SMILES string of the molecule is CC/C=C\C/C=C\C/C=C\C/C=C\C/C=C\C/C=C\CCCCC(=O)OCC(COC(=O)CCCCCCC)OC(=O)CC/C=C\C/C=C\C/C=C\C/C=C\CC.